The molecule has 0 unspecified atom stereocenters. The Morgan fingerprint density at radius 1 is 1.54 bits per heavy atom. The van der Waals surface area contributed by atoms with Gasteiger partial charge in [-0.05, 0) is 20.8 Å². The first kappa shape index (κ1) is 11.9. The summed E-state index contributed by atoms with van der Waals surface area (Å²) < 4.78 is 4.90. The molecule has 4 nitrogen and oxygen atoms in total. The van der Waals surface area contributed by atoms with E-state index in [1.165, 1.54) is 0 Å². The maximum atomic E-state index is 11.2. The first-order chi connectivity index (χ1) is 5.90. The van der Waals surface area contributed by atoms with Crippen LogP contribution in [0.4, 0.5) is 0 Å². The third-order valence-electron chi connectivity index (χ3n) is 0.937. The number of esters is 1. The summed E-state index contributed by atoms with van der Waals surface area (Å²) in [7, 11) is 0. The topological polar surface area (TPSA) is 62.7 Å². The molecule has 72 valence electrons. The minimum atomic E-state index is -0.716. The normalized spacial score (nSPS) is 11.1. The van der Waals surface area contributed by atoms with Crippen molar-refractivity contribution in [3.05, 3.63) is 17.1 Å². The Labute approximate surface area is 81.8 Å². The SMILES string of the molecule is CC(C)(C)OC(=O)C(/C=C\Cl)=[N+]=[N-]. The van der Waals surface area contributed by atoms with Gasteiger partial charge in [0.05, 0.1) is 0 Å². The highest BCUT2D eigenvalue weighted by atomic mass is 35.5. The minimum absolute atomic E-state index is 0.232. The second-order valence-corrected chi connectivity index (χ2v) is 3.53. The molecule has 0 amide bonds. The summed E-state index contributed by atoms with van der Waals surface area (Å²) in [6.07, 6.45) is 1.15. The molecule has 0 radical (unpaired) electrons. The molecule has 0 spiro atoms. The number of rotatable bonds is 2. The molecule has 0 aromatic carbocycles. The Hall–Kier alpha value is -1.12. The molecule has 0 saturated carbocycles. The van der Waals surface area contributed by atoms with Crippen molar-refractivity contribution in [2.45, 2.75) is 26.4 Å². The van der Waals surface area contributed by atoms with Crippen molar-refractivity contribution in [1.29, 1.82) is 0 Å². The standard InChI is InChI=1S/C8H11ClN2O2/c1-8(2,3)13-7(12)6(11-10)4-5-9/h4-5H,1-3H3/b5-4-. The van der Waals surface area contributed by atoms with Gasteiger partial charge >= 0.3 is 11.7 Å². The Morgan fingerprint density at radius 2 is 2.08 bits per heavy atom. The molecule has 0 atom stereocenters. The lowest BCUT2D eigenvalue weighted by Crippen LogP contribution is -2.28. The Morgan fingerprint density at radius 3 is 2.38 bits per heavy atom. The average Bonchev–Trinajstić information content (AvgIpc) is 1.96. The Balaban J connectivity index is 4.52. The molecule has 5 heteroatoms. The zero-order valence-electron chi connectivity index (χ0n) is 7.74. The second kappa shape index (κ2) is 4.80. The average molecular weight is 203 g/mol. The van der Waals surface area contributed by atoms with E-state index in [1.54, 1.807) is 20.8 Å². The smallest absolute Gasteiger partial charge is 0.422 e. The van der Waals surface area contributed by atoms with E-state index in [4.69, 9.17) is 21.9 Å². The van der Waals surface area contributed by atoms with E-state index in [0.717, 1.165) is 11.6 Å². The van der Waals surface area contributed by atoms with Gasteiger partial charge in [-0.2, -0.15) is 4.79 Å². The van der Waals surface area contributed by atoms with E-state index in [0.29, 0.717) is 0 Å². The summed E-state index contributed by atoms with van der Waals surface area (Å²) in [5, 5.41) is 0. The van der Waals surface area contributed by atoms with Gasteiger partial charge in [-0.15, -0.1) is 0 Å². The van der Waals surface area contributed by atoms with Crippen LogP contribution in [0.25, 0.3) is 5.53 Å². The minimum Gasteiger partial charge on any atom is -0.451 e. The van der Waals surface area contributed by atoms with Crippen LogP contribution in [0.1, 0.15) is 20.8 Å². The van der Waals surface area contributed by atoms with Gasteiger partial charge in [-0.3, -0.25) is 0 Å². The van der Waals surface area contributed by atoms with E-state index >= 15 is 0 Å². The molecule has 0 bridgehead atoms. The lowest BCUT2D eigenvalue weighted by atomic mass is 10.2. The summed E-state index contributed by atoms with van der Waals surface area (Å²) in [5.74, 6) is -0.716. The van der Waals surface area contributed by atoms with Crippen LogP contribution in [0.15, 0.2) is 11.6 Å². The van der Waals surface area contributed by atoms with Crippen LogP contribution in [0.2, 0.25) is 0 Å². The Kier molecular flexibility index (Phi) is 4.38. The molecule has 0 aliphatic heterocycles. The fraction of sp³-hybridized carbons (Fsp3) is 0.500. The molecule has 0 aliphatic carbocycles. The van der Waals surface area contributed by atoms with Gasteiger partial charge in [0, 0.05) is 11.6 Å². The monoisotopic (exact) mass is 202 g/mol. The third-order valence-corrected chi connectivity index (χ3v) is 1.06. The number of halogens is 1. The largest absolute Gasteiger partial charge is 0.451 e. The predicted octanol–water partition coefficient (Wildman–Crippen LogP) is 1.75. The molecule has 0 heterocycles. The van der Waals surface area contributed by atoms with Crippen molar-refractivity contribution in [3.8, 4) is 0 Å². The molecule has 0 saturated heterocycles. The highest BCUT2D eigenvalue weighted by Gasteiger charge is 2.24. The zero-order valence-corrected chi connectivity index (χ0v) is 8.50. The van der Waals surface area contributed by atoms with E-state index in [9.17, 15) is 4.79 Å². The molecule has 0 aliphatic rings. The van der Waals surface area contributed by atoms with Crippen LogP contribution >= 0.6 is 11.6 Å². The van der Waals surface area contributed by atoms with E-state index in [2.05, 4.69) is 4.79 Å². The van der Waals surface area contributed by atoms with Crippen molar-refractivity contribution in [2.75, 3.05) is 0 Å². The third kappa shape index (κ3) is 5.17. The molecule has 0 N–H and O–H groups in total. The summed E-state index contributed by atoms with van der Waals surface area (Å²) in [5.41, 5.74) is 8.62. The van der Waals surface area contributed by atoms with Crippen molar-refractivity contribution in [3.63, 3.8) is 0 Å². The number of hydrogen-bond donors (Lipinski definition) is 0. The van der Waals surface area contributed by atoms with Gasteiger partial charge < -0.3 is 10.3 Å². The van der Waals surface area contributed by atoms with E-state index in [-0.39, 0.29) is 5.71 Å². The zero-order chi connectivity index (χ0) is 10.5. The van der Waals surface area contributed by atoms with E-state index in [1.807, 2.05) is 0 Å². The van der Waals surface area contributed by atoms with Crippen molar-refractivity contribution in [1.82, 2.24) is 0 Å². The van der Waals surface area contributed by atoms with Gasteiger partial charge in [-0.1, -0.05) is 11.6 Å². The van der Waals surface area contributed by atoms with Crippen LogP contribution in [0.5, 0.6) is 0 Å². The number of carbonyl (C=O) groups excluding carboxylic acids is 1. The first-order valence-corrected chi connectivity index (χ1v) is 4.06. The van der Waals surface area contributed by atoms with E-state index < -0.39 is 11.6 Å². The maximum Gasteiger partial charge on any atom is 0.422 e. The molecule has 0 aromatic heterocycles. The van der Waals surface area contributed by atoms with Gasteiger partial charge in [-0.25, -0.2) is 4.79 Å². The van der Waals surface area contributed by atoms with Crippen molar-refractivity contribution < 1.29 is 14.3 Å². The highest BCUT2D eigenvalue weighted by molar-refractivity contribution is 6.40. The summed E-state index contributed by atoms with van der Waals surface area (Å²) in [6.45, 7) is 5.14. The molecule has 0 aromatic rings. The molecule has 13 heavy (non-hydrogen) atoms. The fourth-order valence-corrected chi connectivity index (χ4v) is 0.652. The first-order valence-electron chi connectivity index (χ1n) is 3.63. The van der Waals surface area contributed by atoms with Gasteiger partial charge in [0.15, 0.2) is 0 Å². The Bertz CT molecular complexity index is 272. The maximum absolute atomic E-state index is 11.2. The van der Waals surface area contributed by atoms with Gasteiger partial charge in [0.25, 0.3) is 0 Å². The van der Waals surface area contributed by atoms with Crippen LogP contribution in [0, 0.1) is 0 Å². The quantitative estimate of drug-likeness (QED) is 0.296. The lowest BCUT2D eigenvalue weighted by Gasteiger charge is -2.17. The fourth-order valence-electron chi connectivity index (χ4n) is 0.532. The summed E-state index contributed by atoms with van der Waals surface area (Å²) >= 11 is 5.21. The lowest BCUT2D eigenvalue weighted by molar-refractivity contribution is -0.150. The number of carbonyl (C=O) groups is 1. The van der Waals surface area contributed by atoms with Gasteiger partial charge in [0.1, 0.15) is 5.60 Å². The summed E-state index contributed by atoms with van der Waals surface area (Å²) in [4.78, 5) is 13.9. The van der Waals surface area contributed by atoms with Crippen LogP contribution in [0.3, 0.4) is 0 Å². The van der Waals surface area contributed by atoms with Crippen molar-refractivity contribution in [2.24, 2.45) is 0 Å². The second-order valence-electron chi connectivity index (χ2n) is 3.28. The highest BCUT2D eigenvalue weighted by Crippen LogP contribution is 2.07. The molecular formula is C8H11ClN2O2. The van der Waals surface area contributed by atoms with Crippen LogP contribution < -0.4 is 0 Å². The molecule has 0 rings (SSSR count). The molecular weight excluding hydrogens is 192 g/mol. The molecule has 0 fully saturated rings. The van der Waals surface area contributed by atoms with Gasteiger partial charge in [0.2, 0.25) is 0 Å². The summed E-state index contributed by atoms with van der Waals surface area (Å²) in [6, 6.07) is 0. The van der Waals surface area contributed by atoms with Crippen LogP contribution in [-0.2, 0) is 9.53 Å². The number of nitrogens with zero attached hydrogens (tertiary/aromatic N) is 2. The predicted molar refractivity (Wildman–Crippen MR) is 49.5 cm³/mol. The number of ether oxygens (including phenoxy) is 1. The van der Waals surface area contributed by atoms with Crippen molar-refractivity contribution >= 4 is 23.3 Å². The van der Waals surface area contributed by atoms with Crippen LogP contribution in [-0.4, -0.2) is 22.1 Å². The number of hydrogen-bond acceptors (Lipinski definition) is 2.